The van der Waals surface area contributed by atoms with Crippen LogP contribution in [-0.2, 0) is 33.5 Å². The van der Waals surface area contributed by atoms with Crippen molar-refractivity contribution in [2.45, 2.75) is 58.8 Å². The van der Waals surface area contributed by atoms with Gasteiger partial charge in [-0.1, -0.05) is 36.0 Å². The molecule has 250 valence electrons. The van der Waals surface area contributed by atoms with Crippen LogP contribution in [-0.4, -0.2) is 67.6 Å². The Kier molecular flexibility index (Phi) is 16.6. The molecular weight excluding hydrogens is 637 g/mol. The third-order valence-electron chi connectivity index (χ3n) is 7.47. The molecule has 2 aliphatic rings. The van der Waals surface area contributed by atoms with Gasteiger partial charge in [0.25, 0.3) is 5.91 Å². The number of hydroxylamine groups is 2. The summed E-state index contributed by atoms with van der Waals surface area (Å²) in [5.74, 6) is -3.57. The average molecular weight is 679 g/mol. The van der Waals surface area contributed by atoms with Crippen LogP contribution in [0.25, 0.3) is 0 Å². The van der Waals surface area contributed by atoms with Crippen molar-refractivity contribution in [2.75, 3.05) is 27.4 Å². The Morgan fingerprint density at radius 1 is 0.717 bits per heavy atom. The Morgan fingerprint density at radius 2 is 1.20 bits per heavy atom. The Bertz CT molecular complexity index is 1350. The molecule has 4 rings (SSSR count). The molecule has 2 saturated carbocycles. The number of halogens is 2. The Hall–Kier alpha value is -3.60. The van der Waals surface area contributed by atoms with Crippen LogP contribution >= 0.6 is 23.2 Å². The number of hydrogen-bond acceptors (Lipinski definition) is 9. The molecule has 0 aromatic heterocycles. The van der Waals surface area contributed by atoms with Crippen molar-refractivity contribution in [1.82, 2.24) is 5.06 Å². The molecule has 2 fully saturated rings. The molecular formula is C34H41Cl2NO9. The minimum atomic E-state index is -0.806. The highest BCUT2D eigenvalue weighted by molar-refractivity contribution is 6.31. The fraction of sp³-hybridized carbons (Fsp3) is 0.471. The molecule has 3 unspecified atom stereocenters. The van der Waals surface area contributed by atoms with Crippen LogP contribution in [0.5, 0.6) is 0 Å². The second-order valence-electron chi connectivity index (χ2n) is 10.6. The highest BCUT2D eigenvalue weighted by Gasteiger charge is 2.40. The third kappa shape index (κ3) is 11.6. The van der Waals surface area contributed by atoms with E-state index in [1.807, 2.05) is 0 Å². The summed E-state index contributed by atoms with van der Waals surface area (Å²) in [6.45, 7) is 4.05. The van der Waals surface area contributed by atoms with Gasteiger partial charge in [-0.15, -0.1) is 0 Å². The number of benzene rings is 2. The molecule has 2 aromatic carbocycles. The van der Waals surface area contributed by atoms with Crippen molar-refractivity contribution in [3.8, 4) is 0 Å². The number of hydrogen-bond donors (Lipinski definition) is 0. The number of nitrogens with zero attached hydrogens (tertiary/aromatic N) is 1. The normalized spacial score (nSPS) is 19.0. The predicted octanol–water partition coefficient (Wildman–Crippen LogP) is 6.35. The summed E-state index contributed by atoms with van der Waals surface area (Å²) in [5, 5.41) is 2.30. The van der Waals surface area contributed by atoms with Crippen LogP contribution < -0.4 is 0 Å². The zero-order valence-electron chi connectivity index (χ0n) is 26.6. The first kappa shape index (κ1) is 38.6. The third-order valence-corrected chi connectivity index (χ3v) is 7.97. The molecule has 1 amide bonds. The van der Waals surface area contributed by atoms with Crippen molar-refractivity contribution in [2.24, 2.45) is 17.8 Å². The van der Waals surface area contributed by atoms with Crippen molar-refractivity contribution in [1.29, 1.82) is 0 Å². The van der Waals surface area contributed by atoms with Gasteiger partial charge < -0.3 is 9.47 Å². The van der Waals surface area contributed by atoms with E-state index < -0.39 is 23.7 Å². The maximum Gasteiger partial charge on any atom is 0.316 e. The largest absolute Gasteiger partial charge is 0.465 e. The van der Waals surface area contributed by atoms with E-state index >= 15 is 0 Å². The first-order valence-corrected chi connectivity index (χ1v) is 16.0. The molecule has 0 heterocycles. The Labute approximate surface area is 279 Å². The highest BCUT2D eigenvalue weighted by Crippen LogP contribution is 2.29. The van der Waals surface area contributed by atoms with Gasteiger partial charge in [0.2, 0.25) is 0 Å². The summed E-state index contributed by atoms with van der Waals surface area (Å²) < 4.78 is 9.70. The predicted molar refractivity (Wildman–Crippen MR) is 172 cm³/mol. The number of rotatable bonds is 8. The zero-order chi connectivity index (χ0) is 34.2. The summed E-state index contributed by atoms with van der Waals surface area (Å²) in [5.41, 5.74) is 0.996. The number of ether oxygens (including phenoxy) is 2. The fourth-order valence-electron chi connectivity index (χ4n) is 4.94. The second kappa shape index (κ2) is 19.8. The quantitative estimate of drug-likeness (QED) is 0.136. The highest BCUT2D eigenvalue weighted by atomic mass is 35.5. The molecule has 2 aromatic rings. The Morgan fingerprint density at radius 3 is 1.70 bits per heavy atom. The van der Waals surface area contributed by atoms with Crippen LogP contribution in [0.4, 0.5) is 0 Å². The summed E-state index contributed by atoms with van der Waals surface area (Å²) >= 11 is 11.5. The molecule has 0 radical (unpaired) electrons. The van der Waals surface area contributed by atoms with Crippen LogP contribution in [0.1, 0.15) is 79.5 Å². The summed E-state index contributed by atoms with van der Waals surface area (Å²) in [6.07, 6.45) is 4.72. The van der Waals surface area contributed by atoms with Gasteiger partial charge in [0.05, 0.1) is 26.2 Å². The number of esters is 2. The molecule has 0 spiro atoms. The van der Waals surface area contributed by atoms with E-state index in [1.54, 1.807) is 69.4 Å². The maximum absolute atomic E-state index is 12.4. The standard InChI is InChI=1S/C16H17ClO4.C9H10ClNO2.C9H14O3/c1-2-21-16(20)13-5-3-4-12(15(13)19)14(18)10-6-8-11(17)9-7-10;1-11(13-2)9(12)7-3-5-8(10)6-4-7;1-2-12-9(11)7-5-3-4-6-8(7)10/h6-9,12-13H,2-5H2,1H3;3-6H,1-2H3;7H,2-6H2,1H3. The lowest BCUT2D eigenvalue weighted by atomic mass is 9.77. The maximum atomic E-state index is 12.4. The fourth-order valence-corrected chi connectivity index (χ4v) is 5.19. The molecule has 0 bridgehead atoms. The lowest BCUT2D eigenvalue weighted by molar-refractivity contribution is -0.154. The summed E-state index contributed by atoms with van der Waals surface area (Å²) in [7, 11) is 2.99. The Balaban J connectivity index is 0.000000255. The topological polar surface area (TPSA) is 133 Å². The minimum Gasteiger partial charge on any atom is -0.465 e. The van der Waals surface area contributed by atoms with Gasteiger partial charge in [0.15, 0.2) is 11.6 Å². The van der Waals surface area contributed by atoms with E-state index in [1.165, 1.54) is 7.11 Å². The summed E-state index contributed by atoms with van der Waals surface area (Å²) in [6, 6.07) is 13.1. The van der Waals surface area contributed by atoms with Crippen molar-refractivity contribution in [3.05, 3.63) is 69.7 Å². The van der Waals surface area contributed by atoms with E-state index in [0.717, 1.165) is 17.9 Å². The number of carbonyl (C=O) groups excluding carboxylic acids is 6. The van der Waals surface area contributed by atoms with Gasteiger partial charge in [-0.25, -0.2) is 5.06 Å². The molecule has 0 aliphatic heterocycles. The molecule has 0 N–H and O–H groups in total. The van der Waals surface area contributed by atoms with E-state index in [9.17, 15) is 28.8 Å². The number of carbonyl (C=O) groups is 6. The second-order valence-corrected chi connectivity index (χ2v) is 11.4. The monoisotopic (exact) mass is 677 g/mol. The number of Topliss-reactive ketones (excluding diaryl/α,β-unsaturated/α-hetero) is 3. The van der Waals surface area contributed by atoms with E-state index in [2.05, 4.69) is 0 Å². The van der Waals surface area contributed by atoms with E-state index in [4.69, 9.17) is 37.5 Å². The number of amides is 1. The molecule has 46 heavy (non-hydrogen) atoms. The molecule has 3 atom stereocenters. The lowest BCUT2D eigenvalue weighted by Gasteiger charge is -2.25. The number of ketones is 3. The SMILES string of the molecule is CCOC(=O)C1CCCC(C(=O)c2ccc(Cl)cc2)C1=O.CCOC(=O)C1CCCCC1=O.CON(C)C(=O)c1ccc(Cl)cc1. The molecule has 2 aliphatic carbocycles. The van der Waals surface area contributed by atoms with E-state index in [0.29, 0.717) is 59.9 Å². The smallest absolute Gasteiger partial charge is 0.316 e. The van der Waals surface area contributed by atoms with Crippen molar-refractivity contribution < 1.29 is 43.1 Å². The first-order chi connectivity index (χ1) is 21.9. The first-order valence-electron chi connectivity index (χ1n) is 15.2. The van der Waals surface area contributed by atoms with Gasteiger partial charge in [-0.2, -0.15) is 0 Å². The van der Waals surface area contributed by atoms with Gasteiger partial charge in [-0.05, 0) is 88.1 Å². The molecule has 10 nitrogen and oxygen atoms in total. The van der Waals surface area contributed by atoms with Crippen molar-refractivity contribution >= 4 is 58.4 Å². The van der Waals surface area contributed by atoms with Gasteiger partial charge in [-0.3, -0.25) is 33.6 Å². The van der Waals surface area contributed by atoms with Gasteiger partial charge in [0, 0.05) is 34.6 Å². The van der Waals surface area contributed by atoms with Crippen LogP contribution in [0.2, 0.25) is 10.0 Å². The van der Waals surface area contributed by atoms with Crippen molar-refractivity contribution in [3.63, 3.8) is 0 Å². The zero-order valence-corrected chi connectivity index (χ0v) is 28.1. The van der Waals surface area contributed by atoms with Gasteiger partial charge >= 0.3 is 11.9 Å². The molecule has 0 saturated heterocycles. The average Bonchev–Trinajstić information content (AvgIpc) is 3.05. The van der Waals surface area contributed by atoms with Gasteiger partial charge in [0.1, 0.15) is 17.6 Å². The lowest BCUT2D eigenvalue weighted by Crippen LogP contribution is -2.38. The van der Waals surface area contributed by atoms with E-state index in [-0.39, 0.29) is 35.8 Å². The van der Waals surface area contributed by atoms with Crippen LogP contribution in [0.3, 0.4) is 0 Å². The van der Waals surface area contributed by atoms with Crippen LogP contribution in [0.15, 0.2) is 48.5 Å². The minimum absolute atomic E-state index is 0.0553. The molecule has 12 heteroatoms. The summed E-state index contributed by atoms with van der Waals surface area (Å²) in [4.78, 5) is 75.2. The van der Waals surface area contributed by atoms with Crippen LogP contribution in [0, 0.1) is 17.8 Å².